The molecule has 0 aliphatic rings. The third kappa shape index (κ3) is 6.36. The van der Waals surface area contributed by atoms with Gasteiger partial charge in [0.25, 0.3) is 0 Å². The molecular formula is C16H22O4. The van der Waals surface area contributed by atoms with Crippen LogP contribution in [0.25, 0.3) is 0 Å². The van der Waals surface area contributed by atoms with Gasteiger partial charge in [0, 0.05) is 12.8 Å². The second kappa shape index (κ2) is 8.35. The highest BCUT2D eigenvalue weighted by atomic mass is 16.5. The number of rotatable bonds is 7. The van der Waals surface area contributed by atoms with Crippen LogP contribution in [-0.4, -0.2) is 25.2 Å². The summed E-state index contributed by atoms with van der Waals surface area (Å²) >= 11 is 0. The van der Waals surface area contributed by atoms with Crippen molar-refractivity contribution >= 4 is 11.9 Å². The molecule has 0 heterocycles. The van der Waals surface area contributed by atoms with Gasteiger partial charge in [0.15, 0.2) is 0 Å². The van der Waals surface area contributed by atoms with E-state index < -0.39 is 0 Å². The number of hydrogen-bond acceptors (Lipinski definition) is 4. The molecule has 0 saturated heterocycles. The first kappa shape index (κ1) is 16.2. The molecule has 0 aliphatic carbocycles. The Hall–Kier alpha value is -1.84. The summed E-state index contributed by atoms with van der Waals surface area (Å²) in [4.78, 5) is 22.4. The maximum atomic E-state index is 11.7. The van der Waals surface area contributed by atoms with Gasteiger partial charge < -0.3 is 9.47 Å². The number of esters is 2. The van der Waals surface area contributed by atoms with Crippen LogP contribution in [0.5, 0.6) is 0 Å². The van der Waals surface area contributed by atoms with E-state index >= 15 is 0 Å². The Morgan fingerprint density at radius 3 is 2.25 bits per heavy atom. The summed E-state index contributed by atoms with van der Waals surface area (Å²) in [6.07, 6.45) is 0.351. The van der Waals surface area contributed by atoms with Crippen LogP contribution in [0.3, 0.4) is 0 Å². The minimum absolute atomic E-state index is 0.00915. The lowest BCUT2D eigenvalue weighted by molar-refractivity contribution is -0.147. The maximum absolute atomic E-state index is 11.7. The van der Waals surface area contributed by atoms with Crippen molar-refractivity contribution in [2.75, 3.05) is 13.2 Å². The molecule has 4 nitrogen and oxygen atoms in total. The molecule has 1 rings (SSSR count). The monoisotopic (exact) mass is 278 g/mol. The van der Waals surface area contributed by atoms with Gasteiger partial charge in [0.05, 0.1) is 19.6 Å². The summed E-state index contributed by atoms with van der Waals surface area (Å²) in [6, 6.07) is 9.87. The van der Waals surface area contributed by atoms with Crippen molar-refractivity contribution in [1.82, 2.24) is 0 Å². The zero-order chi connectivity index (χ0) is 15.0. The Bertz CT molecular complexity index is 427. The Morgan fingerprint density at radius 1 is 1.05 bits per heavy atom. The highest BCUT2D eigenvalue weighted by molar-refractivity contribution is 5.70. The van der Waals surface area contributed by atoms with E-state index in [-0.39, 0.29) is 37.0 Å². The Morgan fingerprint density at radius 2 is 1.65 bits per heavy atom. The number of hydrogen-bond donors (Lipinski definition) is 0. The highest BCUT2D eigenvalue weighted by Gasteiger charge is 2.13. The molecule has 0 amide bonds. The highest BCUT2D eigenvalue weighted by Crippen LogP contribution is 2.19. The van der Waals surface area contributed by atoms with E-state index in [0.29, 0.717) is 6.42 Å². The van der Waals surface area contributed by atoms with Crippen molar-refractivity contribution in [1.29, 1.82) is 0 Å². The third-order valence-corrected chi connectivity index (χ3v) is 2.94. The number of benzene rings is 1. The van der Waals surface area contributed by atoms with Gasteiger partial charge in [0.1, 0.15) is 0 Å². The molecule has 110 valence electrons. The average Bonchev–Trinajstić information content (AvgIpc) is 2.43. The first-order valence-electron chi connectivity index (χ1n) is 6.83. The van der Waals surface area contributed by atoms with Crippen molar-refractivity contribution in [2.24, 2.45) is 5.92 Å². The van der Waals surface area contributed by atoms with Gasteiger partial charge in [-0.15, -0.1) is 0 Å². The summed E-state index contributed by atoms with van der Waals surface area (Å²) in [7, 11) is 0. The predicted molar refractivity (Wildman–Crippen MR) is 76.2 cm³/mol. The second-order valence-corrected chi connectivity index (χ2v) is 5.11. The van der Waals surface area contributed by atoms with E-state index in [1.165, 1.54) is 6.92 Å². The minimum atomic E-state index is -0.319. The van der Waals surface area contributed by atoms with Crippen LogP contribution in [0.2, 0.25) is 0 Å². The van der Waals surface area contributed by atoms with Crippen molar-refractivity contribution in [3.8, 4) is 0 Å². The molecule has 0 radical (unpaired) electrons. The summed E-state index contributed by atoms with van der Waals surface area (Å²) in [5, 5.41) is 0. The van der Waals surface area contributed by atoms with E-state index in [1.54, 1.807) is 0 Å². The zero-order valence-electron chi connectivity index (χ0n) is 12.3. The summed E-state index contributed by atoms with van der Waals surface area (Å²) in [6.45, 7) is 5.78. The number of ether oxygens (including phenoxy) is 2. The first-order chi connectivity index (χ1) is 9.49. The fourth-order valence-electron chi connectivity index (χ4n) is 1.75. The van der Waals surface area contributed by atoms with E-state index in [9.17, 15) is 9.59 Å². The topological polar surface area (TPSA) is 52.6 Å². The quantitative estimate of drug-likeness (QED) is 0.720. The first-order valence-corrected chi connectivity index (χ1v) is 6.83. The molecule has 4 heteroatoms. The SMILES string of the molecule is CC(=O)OCC(C)COC(=O)CC(C)c1ccccc1. The van der Waals surface area contributed by atoms with Crippen LogP contribution >= 0.6 is 0 Å². The Balaban J connectivity index is 2.28. The molecule has 2 unspecified atom stereocenters. The van der Waals surface area contributed by atoms with Gasteiger partial charge in [-0.3, -0.25) is 9.59 Å². The molecule has 0 saturated carbocycles. The van der Waals surface area contributed by atoms with Gasteiger partial charge in [-0.2, -0.15) is 0 Å². The van der Waals surface area contributed by atoms with Gasteiger partial charge >= 0.3 is 11.9 Å². The average molecular weight is 278 g/mol. The third-order valence-electron chi connectivity index (χ3n) is 2.94. The lowest BCUT2D eigenvalue weighted by atomic mass is 9.98. The van der Waals surface area contributed by atoms with E-state index in [4.69, 9.17) is 9.47 Å². The van der Waals surface area contributed by atoms with Gasteiger partial charge in [0.2, 0.25) is 0 Å². The van der Waals surface area contributed by atoms with Crippen molar-refractivity contribution in [2.45, 2.75) is 33.1 Å². The molecule has 0 bridgehead atoms. The largest absolute Gasteiger partial charge is 0.465 e. The molecule has 20 heavy (non-hydrogen) atoms. The Labute approximate surface area is 120 Å². The fraction of sp³-hybridized carbons (Fsp3) is 0.500. The molecule has 1 aromatic carbocycles. The van der Waals surface area contributed by atoms with E-state index in [0.717, 1.165) is 5.56 Å². The second-order valence-electron chi connectivity index (χ2n) is 5.11. The van der Waals surface area contributed by atoms with Crippen LogP contribution in [-0.2, 0) is 19.1 Å². The van der Waals surface area contributed by atoms with Crippen molar-refractivity contribution in [3.63, 3.8) is 0 Å². The lowest BCUT2D eigenvalue weighted by Crippen LogP contribution is -2.18. The molecule has 0 aliphatic heterocycles. The van der Waals surface area contributed by atoms with Crippen LogP contribution in [0.1, 0.15) is 38.7 Å². The maximum Gasteiger partial charge on any atom is 0.306 e. The van der Waals surface area contributed by atoms with Crippen LogP contribution in [0, 0.1) is 5.92 Å². The summed E-state index contributed by atoms with van der Waals surface area (Å²) in [5.41, 5.74) is 1.12. The molecule has 0 N–H and O–H groups in total. The van der Waals surface area contributed by atoms with Crippen LogP contribution in [0.15, 0.2) is 30.3 Å². The fourth-order valence-corrected chi connectivity index (χ4v) is 1.75. The minimum Gasteiger partial charge on any atom is -0.465 e. The molecule has 0 spiro atoms. The zero-order valence-corrected chi connectivity index (χ0v) is 12.3. The summed E-state index contributed by atoms with van der Waals surface area (Å²) < 4.78 is 10.1. The van der Waals surface area contributed by atoms with E-state index in [1.807, 2.05) is 44.2 Å². The molecule has 0 fully saturated rings. The molecule has 2 atom stereocenters. The number of carbonyl (C=O) groups excluding carboxylic acids is 2. The van der Waals surface area contributed by atoms with Crippen molar-refractivity contribution in [3.05, 3.63) is 35.9 Å². The Kier molecular flexibility index (Phi) is 6.77. The molecule has 0 aromatic heterocycles. The van der Waals surface area contributed by atoms with Gasteiger partial charge in [-0.1, -0.05) is 44.2 Å². The van der Waals surface area contributed by atoms with Crippen LogP contribution < -0.4 is 0 Å². The summed E-state index contributed by atoms with van der Waals surface area (Å²) in [5.74, 6) is -0.403. The normalized spacial score (nSPS) is 13.3. The van der Waals surface area contributed by atoms with E-state index in [2.05, 4.69) is 0 Å². The molecular weight excluding hydrogens is 256 g/mol. The smallest absolute Gasteiger partial charge is 0.306 e. The number of carbonyl (C=O) groups is 2. The van der Waals surface area contributed by atoms with Crippen molar-refractivity contribution < 1.29 is 19.1 Å². The molecule has 1 aromatic rings. The van der Waals surface area contributed by atoms with Gasteiger partial charge in [-0.25, -0.2) is 0 Å². The van der Waals surface area contributed by atoms with Crippen LogP contribution in [0.4, 0.5) is 0 Å². The lowest BCUT2D eigenvalue weighted by Gasteiger charge is -2.14. The predicted octanol–water partition coefficient (Wildman–Crippen LogP) is 2.92. The standard InChI is InChI=1S/C16H22O4/c1-12(10-19-14(3)17)11-20-16(18)9-13(2)15-7-5-4-6-8-15/h4-8,12-13H,9-11H2,1-3H3. The van der Waals surface area contributed by atoms with Gasteiger partial charge in [-0.05, 0) is 11.5 Å².